The monoisotopic (exact) mass is 910 g/mol. The lowest BCUT2D eigenvalue weighted by Gasteiger charge is -2.18. The molecule has 4 rings (SSSR count). The van der Waals surface area contributed by atoms with Crippen molar-refractivity contribution in [2.24, 2.45) is 4.99 Å². The molecule has 4 aromatic carbocycles. The van der Waals surface area contributed by atoms with Gasteiger partial charge in [-0.1, -0.05) is 23.7 Å². The number of para-hydroxylation sites is 1. The van der Waals surface area contributed by atoms with Crippen LogP contribution in [0.2, 0.25) is 5.02 Å². The summed E-state index contributed by atoms with van der Waals surface area (Å²) in [6.45, 7) is 5.66. The molecule has 16 heteroatoms. The molecule has 2 N–H and O–H groups in total. The van der Waals surface area contributed by atoms with Crippen molar-refractivity contribution >= 4 is 67.4 Å². The van der Waals surface area contributed by atoms with Crippen LogP contribution < -0.4 is 19.7 Å². The number of hydrogen-bond acceptors (Lipinski definition) is 10. The van der Waals surface area contributed by atoms with Gasteiger partial charge < -0.3 is 15.0 Å². The van der Waals surface area contributed by atoms with Crippen LogP contribution in [0.15, 0.2) is 70.6 Å². The van der Waals surface area contributed by atoms with Crippen LogP contribution in [-0.4, -0.2) is 44.0 Å². The zero-order chi connectivity index (χ0) is 48.4. The van der Waals surface area contributed by atoms with Crippen LogP contribution >= 0.6 is 11.6 Å². The summed E-state index contributed by atoms with van der Waals surface area (Å²) in [5.74, 6) is 37.4. The molecule has 0 unspecified atom stereocenters. The SMILES string of the molecule is C#CC#CC#CC#CC#CC#CC#CC#CC#COc1ccc(S(=O)(=O)Nc2ccccc2Cl)cc1NC(=O)C(=Nc1ccc(N(C)C)cc1C)c1c(C)c([N+](=O)[O-])c(C)c([N+](=O)[O-])c1C. The third-order valence-electron chi connectivity index (χ3n) is 8.70. The van der Waals surface area contributed by atoms with Gasteiger partial charge in [0.2, 0.25) is 0 Å². The minimum atomic E-state index is -4.39. The quantitative estimate of drug-likeness (QED) is 0.0691. The lowest BCUT2D eigenvalue weighted by atomic mass is 9.91. The fourth-order valence-corrected chi connectivity index (χ4v) is 7.16. The Morgan fingerprint density at radius 2 is 1.26 bits per heavy atom. The molecule has 0 saturated heterocycles. The number of ether oxygens (including phenoxy) is 1. The van der Waals surface area contributed by atoms with Gasteiger partial charge in [-0.2, -0.15) is 0 Å². The normalized spacial score (nSPS) is 9.58. The molecule has 66 heavy (non-hydrogen) atoms. The Labute approximate surface area is 386 Å². The summed E-state index contributed by atoms with van der Waals surface area (Å²) in [7, 11) is -0.742. The maximum Gasteiger partial charge on any atom is 0.282 e. The topological polar surface area (TPSA) is 186 Å². The average molecular weight is 911 g/mol. The van der Waals surface area contributed by atoms with Crippen LogP contribution in [0.3, 0.4) is 0 Å². The Hall–Kier alpha value is -9.50. The fraction of sp³-hybridized carbons (Fsp3) is 0.120. The van der Waals surface area contributed by atoms with E-state index in [4.69, 9.17) is 22.8 Å². The standard InChI is InChI=1S/C50H31ClN6O8S/c1-8-9-10-11-12-13-14-15-16-17-18-19-20-21-22-25-32-65-45-31-29-40(66(63,64)54-43-27-24-23-26-41(43)51)34-44(45)53-50(58)47(52-42-30-28-39(55(6)7)33-35(42)2)46-36(3)48(56(59)60)38(5)49(37(46)4)57(61)62/h1,23-24,26-31,33-34,54H,2-7H3,(H,53,58). The van der Waals surface area contributed by atoms with Gasteiger partial charge in [-0.05, 0) is 129 Å². The molecule has 0 heterocycles. The number of halogens is 1. The van der Waals surface area contributed by atoms with E-state index in [0.29, 0.717) is 5.56 Å². The second kappa shape index (κ2) is 23.1. The number of nitro benzene ring substituents is 2. The van der Waals surface area contributed by atoms with Crippen LogP contribution in [0.5, 0.6) is 5.75 Å². The van der Waals surface area contributed by atoms with E-state index in [2.05, 4.69) is 116 Å². The van der Waals surface area contributed by atoms with Crippen LogP contribution in [0, 0.1) is 155 Å². The van der Waals surface area contributed by atoms with E-state index in [-0.39, 0.29) is 55.0 Å². The smallest absolute Gasteiger partial charge is 0.282 e. The van der Waals surface area contributed by atoms with E-state index in [9.17, 15) is 33.4 Å². The van der Waals surface area contributed by atoms with E-state index >= 15 is 0 Å². The number of aliphatic imine (C=N–C) groups is 1. The van der Waals surface area contributed by atoms with Crippen molar-refractivity contribution in [1.82, 2.24) is 0 Å². The van der Waals surface area contributed by atoms with Crippen molar-refractivity contribution in [1.29, 1.82) is 0 Å². The van der Waals surface area contributed by atoms with E-state index in [1.54, 1.807) is 37.3 Å². The molecule has 0 aliphatic heterocycles. The first-order chi connectivity index (χ1) is 31.5. The summed E-state index contributed by atoms with van der Waals surface area (Å²) in [6.07, 6.45) is 7.33. The Kier molecular flexibility index (Phi) is 17.2. The van der Waals surface area contributed by atoms with Gasteiger partial charge in [-0.3, -0.25) is 29.7 Å². The van der Waals surface area contributed by atoms with E-state index in [0.717, 1.165) is 11.8 Å². The Morgan fingerprint density at radius 1 is 0.727 bits per heavy atom. The first kappa shape index (κ1) is 49.2. The second-order valence-corrected chi connectivity index (χ2v) is 15.3. The summed E-state index contributed by atoms with van der Waals surface area (Å²) in [5.41, 5.74) is -0.834. The lowest BCUT2D eigenvalue weighted by molar-refractivity contribution is -0.395. The molecule has 0 bridgehead atoms. The van der Waals surface area contributed by atoms with Crippen molar-refractivity contribution < 1.29 is 27.8 Å². The van der Waals surface area contributed by atoms with Gasteiger partial charge in [0.25, 0.3) is 27.3 Å². The number of carbonyl (C=O) groups excluding carboxylic acids is 1. The Morgan fingerprint density at radius 3 is 1.76 bits per heavy atom. The van der Waals surface area contributed by atoms with Crippen molar-refractivity contribution in [3.63, 3.8) is 0 Å². The predicted octanol–water partition coefficient (Wildman–Crippen LogP) is 7.01. The summed E-state index contributed by atoms with van der Waals surface area (Å²) < 4.78 is 35.4. The van der Waals surface area contributed by atoms with Crippen molar-refractivity contribution in [3.8, 4) is 113 Å². The number of rotatable bonds is 11. The third-order valence-corrected chi connectivity index (χ3v) is 10.4. The number of carbonyl (C=O) groups is 1. The summed E-state index contributed by atoms with van der Waals surface area (Å²) in [5, 5.41) is 27.5. The second-order valence-electron chi connectivity index (χ2n) is 13.2. The van der Waals surface area contributed by atoms with Crippen molar-refractivity contribution in [2.45, 2.75) is 32.6 Å². The average Bonchev–Trinajstić information content (AvgIpc) is 3.25. The van der Waals surface area contributed by atoms with Gasteiger partial charge in [0.05, 0.1) is 36.8 Å². The van der Waals surface area contributed by atoms with E-state index in [1.165, 1.54) is 45.0 Å². The number of benzene rings is 4. The largest absolute Gasteiger partial charge is 0.404 e. The highest BCUT2D eigenvalue weighted by atomic mass is 35.5. The van der Waals surface area contributed by atoms with Gasteiger partial charge in [0.1, 0.15) is 17.4 Å². The maximum absolute atomic E-state index is 14.7. The molecule has 0 aromatic heterocycles. The molecule has 1 amide bonds. The molecule has 0 aliphatic carbocycles. The van der Waals surface area contributed by atoms with Crippen LogP contribution in [0.4, 0.5) is 34.1 Å². The van der Waals surface area contributed by atoms with Gasteiger partial charge in [0, 0.05) is 83.8 Å². The van der Waals surface area contributed by atoms with Gasteiger partial charge >= 0.3 is 0 Å². The summed E-state index contributed by atoms with van der Waals surface area (Å²) in [4.78, 5) is 44.1. The number of nitrogens with one attached hydrogen (secondary N) is 2. The molecular formula is C50H31ClN6O8S. The molecule has 0 spiro atoms. The summed E-state index contributed by atoms with van der Waals surface area (Å²) >= 11 is 6.23. The number of aryl methyl sites for hydroxylation is 1. The van der Waals surface area contributed by atoms with Gasteiger partial charge in [-0.25, -0.2) is 13.4 Å². The zero-order valence-electron chi connectivity index (χ0n) is 35.7. The molecule has 0 atom stereocenters. The highest BCUT2D eigenvalue weighted by Gasteiger charge is 2.35. The molecule has 322 valence electrons. The molecule has 0 radical (unpaired) electrons. The Balaban J connectivity index is 1.83. The first-order valence-electron chi connectivity index (χ1n) is 18.6. The molecule has 4 aromatic rings. The fourth-order valence-electron chi connectivity index (χ4n) is 5.82. The number of hydrogen-bond donors (Lipinski definition) is 2. The summed E-state index contributed by atoms with van der Waals surface area (Å²) in [6, 6.07) is 14.7. The number of amides is 1. The Bertz CT molecular complexity index is 3400. The van der Waals surface area contributed by atoms with Crippen LogP contribution in [0.25, 0.3) is 0 Å². The molecular weight excluding hydrogens is 880 g/mol. The number of nitro groups is 2. The van der Waals surface area contributed by atoms with Gasteiger partial charge in [0.15, 0.2) is 5.75 Å². The first-order valence-corrected chi connectivity index (χ1v) is 20.5. The molecule has 0 saturated carbocycles. The number of anilines is 3. The minimum absolute atomic E-state index is 0.0643. The van der Waals surface area contributed by atoms with E-state index in [1.807, 2.05) is 19.0 Å². The van der Waals surface area contributed by atoms with E-state index < -0.39 is 42.9 Å². The number of sulfonamides is 1. The minimum Gasteiger partial charge on any atom is -0.404 e. The van der Waals surface area contributed by atoms with Crippen molar-refractivity contribution in [2.75, 3.05) is 29.0 Å². The number of nitrogens with zero attached hydrogens (tertiary/aromatic N) is 4. The molecule has 0 aliphatic rings. The molecule has 0 fully saturated rings. The van der Waals surface area contributed by atoms with Crippen LogP contribution in [-0.2, 0) is 14.8 Å². The maximum atomic E-state index is 14.7. The van der Waals surface area contributed by atoms with Gasteiger partial charge in [-0.15, -0.1) is 6.42 Å². The van der Waals surface area contributed by atoms with Crippen molar-refractivity contribution in [3.05, 3.63) is 114 Å². The highest BCUT2D eigenvalue weighted by molar-refractivity contribution is 7.92. The number of terminal acetylenes is 1. The zero-order valence-corrected chi connectivity index (χ0v) is 37.3. The predicted molar refractivity (Wildman–Crippen MR) is 255 cm³/mol. The molecule has 14 nitrogen and oxygen atoms in total. The van der Waals surface area contributed by atoms with Crippen LogP contribution in [0.1, 0.15) is 27.8 Å². The lowest BCUT2D eigenvalue weighted by Crippen LogP contribution is -2.27. The third kappa shape index (κ3) is 13.0. The highest BCUT2D eigenvalue weighted by Crippen LogP contribution is 2.39.